The van der Waals surface area contributed by atoms with Crippen LogP contribution in [-0.2, 0) is 4.74 Å². The molecule has 1 saturated heterocycles. The summed E-state index contributed by atoms with van der Waals surface area (Å²) in [7, 11) is 0. The van der Waals surface area contributed by atoms with Crippen molar-refractivity contribution >= 4 is 5.91 Å². The van der Waals surface area contributed by atoms with Gasteiger partial charge in [0.1, 0.15) is 0 Å². The maximum atomic E-state index is 12.2. The van der Waals surface area contributed by atoms with Gasteiger partial charge in [-0.2, -0.15) is 0 Å². The molecular weight excluding hydrogens is 290 g/mol. The van der Waals surface area contributed by atoms with Crippen molar-refractivity contribution in [1.82, 2.24) is 15.2 Å². The zero-order chi connectivity index (χ0) is 15.9. The van der Waals surface area contributed by atoms with Crippen LogP contribution in [0.3, 0.4) is 0 Å². The number of morpholine rings is 1. The molecule has 1 aromatic carbocycles. The first-order valence-corrected chi connectivity index (χ1v) is 8.15. The van der Waals surface area contributed by atoms with E-state index in [2.05, 4.69) is 15.2 Å². The number of hydrogen-bond donors (Lipinski definition) is 2. The molecule has 0 radical (unpaired) electrons. The summed E-state index contributed by atoms with van der Waals surface area (Å²) in [6, 6.07) is 11.9. The second kappa shape index (κ2) is 7.94. The third-order valence-electron chi connectivity index (χ3n) is 4.07. The summed E-state index contributed by atoms with van der Waals surface area (Å²) in [5, 5.41) is 2.99. The predicted octanol–water partition coefficient (Wildman–Crippen LogP) is 2.13. The molecule has 2 aromatic rings. The number of benzene rings is 1. The molecule has 0 atom stereocenters. The Balaban J connectivity index is 1.44. The minimum Gasteiger partial charge on any atom is -0.379 e. The highest BCUT2D eigenvalue weighted by molar-refractivity contribution is 5.95. The number of nitrogens with one attached hydrogen (secondary N) is 2. The van der Waals surface area contributed by atoms with E-state index in [0.29, 0.717) is 12.1 Å². The van der Waals surface area contributed by atoms with Crippen molar-refractivity contribution in [3.05, 3.63) is 48.2 Å². The number of carbonyl (C=O) groups is 1. The van der Waals surface area contributed by atoms with Gasteiger partial charge in [-0.05, 0) is 24.6 Å². The van der Waals surface area contributed by atoms with Gasteiger partial charge in [-0.25, -0.2) is 0 Å². The van der Waals surface area contributed by atoms with Gasteiger partial charge in [0, 0.05) is 31.5 Å². The summed E-state index contributed by atoms with van der Waals surface area (Å²) in [5.41, 5.74) is 2.72. The average molecular weight is 313 g/mol. The molecule has 1 amide bonds. The molecule has 0 aliphatic carbocycles. The Labute approximate surface area is 136 Å². The zero-order valence-electron chi connectivity index (χ0n) is 13.3. The van der Waals surface area contributed by atoms with Crippen LogP contribution >= 0.6 is 0 Å². The van der Waals surface area contributed by atoms with Gasteiger partial charge in [0.25, 0.3) is 5.91 Å². The summed E-state index contributed by atoms with van der Waals surface area (Å²) in [6.45, 7) is 5.32. The highest BCUT2D eigenvalue weighted by Crippen LogP contribution is 2.18. The third kappa shape index (κ3) is 4.43. The lowest BCUT2D eigenvalue weighted by molar-refractivity contribution is 0.0374. The molecule has 0 unspecified atom stereocenters. The topological polar surface area (TPSA) is 57.4 Å². The quantitative estimate of drug-likeness (QED) is 0.803. The monoisotopic (exact) mass is 313 g/mol. The van der Waals surface area contributed by atoms with E-state index in [4.69, 9.17) is 4.74 Å². The highest BCUT2D eigenvalue weighted by atomic mass is 16.5. The molecule has 5 heteroatoms. The average Bonchev–Trinajstić information content (AvgIpc) is 3.10. The molecule has 1 fully saturated rings. The van der Waals surface area contributed by atoms with Crippen molar-refractivity contribution in [3.63, 3.8) is 0 Å². The van der Waals surface area contributed by atoms with Crippen LogP contribution in [0.2, 0.25) is 0 Å². The van der Waals surface area contributed by atoms with Crippen LogP contribution in [0, 0.1) is 0 Å². The van der Waals surface area contributed by atoms with E-state index in [-0.39, 0.29) is 5.91 Å². The molecule has 2 heterocycles. The molecule has 0 saturated carbocycles. The van der Waals surface area contributed by atoms with Gasteiger partial charge in [-0.15, -0.1) is 0 Å². The summed E-state index contributed by atoms with van der Waals surface area (Å²) < 4.78 is 5.33. The standard InChI is InChI=1S/C18H23N3O2/c22-18(19-7-4-8-21-9-11-23-12-10-21)16-13-17(20-14-16)15-5-2-1-3-6-15/h1-3,5-6,13-14,20H,4,7-12H2,(H,19,22). The predicted molar refractivity (Wildman–Crippen MR) is 90.4 cm³/mol. The lowest BCUT2D eigenvalue weighted by atomic mass is 10.1. The highest BCUT2D eigenvalue weighted by Gasteiger charge is 2.11. The van der Waals surface area contributed by atoms with Crippen molar-refractivity contribution in [1.29, 1.82) is 0 Å². The zero-order valence-corrected chi connectivity index (χ0v) is 13.3. The Morgan fingerprint density at radius 2 is 2.00 bits per heavy atom. The summed E-state index contributed by atoms with van der Waals surface area (Å²) in [6.07, 6.45) is 2.72. The number of rotatable bonds is 6. The fraction of sp³-hybridized carbons (Fsp3) is 0.389. The minimum absolute atomic E-state index is 0.0228. The molecule has 1 aliphatic heterocycles. The first kappa shape index (κ1) is 15.8. The number of carbonyl (C=O) groups excluding carboxylic acids is 1. The van der Waals surface area contributed by atoms with E-state index in [1.54, 1.807) is 6.20 Å². The van der Waals surface area contributed by atoms with Crippen molar-refractivity contribution < 1.29 is 9.53 Å². The van der Waals surface area contributed by atoms with Gasteiger partial charge in [-0.3, -0.25) is 9.69 Å². The Morgan fingerprint density at radius 1 is 1.22 bits per heavy atom. The van der Waals surface area contributed by atoms with Crippen molar-refractivity contribution in [2.75, 3.05) is 39.4 Å². The van der Waals surface area contributed by atoms with Gasteiger partial charge in [0.15, 0.2) is 0 Å². The molecule has 1 aromatic heterocycles. The number of ether oxygens (including phenoxy) is 1. The van der Waals surface area contributed by atoms with E-state index in [1.807, 2.05) is 36.4 Å². The molecule has 122 valence electrons. The molecule has 23 heavy (non-hydrogen) atoms. The Hall–Kier alpha value is -2.11. The number of amides is 1. The Morgan fingerprint density at radius 3 is 2.78 bits per heavy atom. The third-order valence-corrected chi connectivity index (χ3v) is 4.07. The molecule has 5 nitrogen and oxygen atoms in total. The van der Waals surface area contributed by atoms with E-state index < -0.39 is 0 Å². The SMILES string of the molecule is O=C(NCCCN1CCOCC1)c1c[nH]c(-c2ccccc2)c1. The fourth-order valence-electron chi connectivity index (χ4n) is 2.74. The molecule has 1 aliphatic rings. The lowest BCUT2D eigenvalue weighted by Crippen LogP contribution is -2.38. The maximum absolute atomic E-state index is 12.2. The Bertz CT molecular complexity index is 618. The normalized spacial score (nSPS) is 15.5. The minimum atomic E-state index is -0.0228. The van der Waals surface area contributed by atoms with Crippen LogP contribution in [0.25, 0.3) is 11.3 Å². The van der Waals surface area contributed by atoms with Gasteiger partial charge >= 0.3 is 0 Å². The first-order chi connectivity index (χ1) is 11.3. The van der Waals surface area contributed by atoms with Crippen LogP contribution in [0.15, 0.2) is 42.6 Å². The van der Waals surface area contributed by atoms with Crippen LogP contribution < -0.4 is 5.32 Å². The Kier molecular flexibility index (Phi) is 5.45. The number of aromatic nitrogens is 1. The smallest absolute Gasteiger partial charge is 0.252 e. The van der Waals surface area contributed by atoms with Crippen LogP contribution in [-0.4, -0.2) is 55.2 Å². The van der Waals surface area contributed by atoms with Gasteiger partial charge in [-0.1, -0.05) is 30.3 Å². The van der Waals surface area contributed by atoms with Crippen LogP contribution in [0.5, 0.6) is 0 Å². The molecule has 3 rings (SSSR count). The molecular formula is C18H23N3O2. The maximum Gasteiger partial charge on any atom is 0.252 e. The van der Waals surface area contributed by atoms with E-state index >= 15 is 0 Å². The lowest BCUT2D eigenvalue weighted by Gasteiger charge is -2.26. The van der Waals surface area contributed by atoms with Gasteiger partial charge in [0.05, 0.1) is 18.8 Å². The molecule has 2 N–H and O–H groups in total. The summed E-state index contributed by atoms with van der Waals surface area (Å²) in [4.78, 5) is 17.7. The first-order valence-electron chi connectivity index (χ1n) is 8.15. The van der Waals surface area contributed by atoms with E-state index in [9.17, 15) is 4.79 Å². The number of aromatic amines is 1. The van der Waals surface area contributed by atoms with Gasteiger partial charge in [0.2, 0.25) is 0 Å². The van der Waals surface area contributed by atoms with Crippen molar-refractivity contribution in [2.45, 2.75) is 6.42 Å². The fourth-order valence-corrected chi connectivity index (χ4v) is 2.74. The van der Waals surface area contributed by atoms with E-state index in [0.717, 1.165) is 50.5 Å². The van der Waals surface area contributed by atoms with E-state index in [1.165, 1.54) is 0 Å². The summed E-state index contributed by atoms with van der Waals surface area (Å²) in [5.74, 6) is -0.0228. The second-order valence-electron chi connectivity index (χ2n) is 5.73. The second-order valence-corrected chi connectivity index (χ2v) is 5.73. The number of nitrogens with zero attached hydrogens (tertiary/aromatic N) is 1. The molecule has 0 bridgehead atoms. The van der Waals surface area contributed by atoms with Crippen molar-refractivity contribution in [3.8, 4) is 11.3 Å². The number of H-pyrrole nitrogens is 1. The van der Waals surface area contributed by atoms with Crippen LogP contribution in [0.1, 0.15) is 16.8 Å². The van der Waals surface area contributed by atoms with Gasteiger partial charge < -0.3 is 15.0 Å². The molecule has 0 spiro atoms. The van der Waals surface area contributed by atoms with Crippen LogP contribution in [0.4, 0.5) is 0 Å². The summed E-state index contributed by atoms with van der Waals surface area (Å²) >= 11 is 0. The largest absolute Gasteiger partial charge is 0.379 e. The number of hydrogen-bond acceptors (Lipinski definition) is 3. The van der Waals surface area contributed by atoms with Crippen molar-refractivity contribution in [2.24, 2.45) is 0 Å².